The number of hydrogen-bond donors (Lipinski definition) is 0. The van der Waals surface area contributed by atoms with E-state index in [4.69, 9.17) is 0 Å². The number of para-hydroxylation sites is 1. The molecule has 144 valence electrons. The molecule has 0 atom stereocenters. The summed E-state index contributed by atoms with van der Waals surface area (Å²) in [5, 5.41) is 1.10. The zero-order chi connectivity index (χ0) is 19.9. The van der Waals surface area contributed by atoms with Gasteiger partial charge in [-0.05, 0) is 24.6 Å². The average Bonchev–Trinajstić information content (AvgIpc) is 2.73. The fraction of sp³-hybridized carbons (Fsp3) is 0.227. The first kappa shape index (κ1) is 19.9. The lowest BCUT2D eigenvalue weighted by Gasteiger charge is -2.21. The summed E-state index contributed by atoms with van der Waals surface area (Å²) in [6.45, 7) is 7.25. The van der Waals surface area contributed by atoms with Crippen LogP contribution < -0.4 is 5.56 Å². The molecule has 3 aromatic rings. The number of fused-ring (bicyclic) bond motifs is 1. The molecule has 0 spiro atoms. The highest BCUT2D eigenvalue weighted by Crippen LogP contribution is 2.19. The van der Waals surface area contributed by atoms with Crippen LogP contribution >= 0.6 is 11.8 Å². The van der Waals surface area contributed by atoms with Crippen molar-refractivity contribution in [2.45, 2.75) is 25.2 Å². The molecule has 0 N–H and O–H groups in total. The van der Waals surface area contributed by atoms with Gasteiger partial charge in [0.25, 0.3) is 5.56 Å². The minimum Gasteiger partial charge on any atom is -0.338 e. The first-order valence-electron chi connectivity index (χ1n) is 9.19. The number of allylic oxidation sites excluding steroid dienone is 1. The van der Waals surface area contributed by atoms with E-state index in [1.165, 1.54) is 11.8 Å². The van der Waals surface area contributed by atoms with Crippen molar-refractivity contribution in [3.05, 3.63) is 83.2 Å². The van der Waals surface area contributed by atoms with E-state index in [1.54, 1.807) is 21.6 Å². The van der Waals surface area contributed by atoms with Crippen LogP contribution in [0.5, 0.6) is 0 Å². The van der Waals surface area contributed by atoms with Gasteiger partial charge in [-0.2, -0.15) is 0 Å². The largest absolute Gasteiger partial charge is 0.338 e. The van der Waals surface area contributed by atoms with Gasteiger partial charge in [0.2, 0.25) is 5.91 Å². The SMILES string of the molecule is C=CCn1c(SCC(=O)N(CC)Cc2ccccc2)nc2ccccc2c1=O. The molecule has 6 heteroatoms. The third-order valence-electron chi connectivity index (χ3n) is 4.41. The topological polar surface area (TPSA) is 55.2 Å². The summed E-state index contributed by atoms with van der Waals surface area (Å²) in [6.07, 6.45) is 1.66. The average molecular weight is 394 g/mol. The van der Waals surface area contributed by atoms with Gasteiger partial charge in [-0.25, -0.2) is 4.98 Å². The van der Waals surface area contributed by atoms with Crippen molar-refractivity contribution in [3.8, 4) is 0 Å². The lowest BCUT2D eigenvalue weighted by atomic mass is 10.2. The van der Waals surface area contributed by atoms with Crippen molar-refractivity contribution in [2.24, 2.45) is 0 Å². The Labute approximate surface area is 168 Å². The Bertz CT molecular complexity index is 1030. The zero-order valence-electron chi connectivity index (χ0n) is 15.9. The number of carbonyl (C=O) groups is 1. The zero-order valence-corrected chi connectivity index (χ0v) is 16.7. The molecule has 3 rings (SSSR count). The molecule has 5 nitrogen and oxygen atoms in total. The maximum absolute atomic E-state index is 12.8. The van der Waals surface area contributed by atoms with Crippen LogP contribution in [0.25, 0.3) is 10.9 Å². The van der Waals surface area contributed by atoms with Crippen molar-refractivity contribution in [1.82, 2.24) is 14.5 Å². The van der Waals surface area contributed by atoms with Crippen molar-refractivity contribution in [1.29, 1.82) is 0 Å². The Morgan fingerprint density at radius 1 is 1.18 bits per heavy atom. The fourth-order valence-corrected chi connectivity index (χ4v) is 3.86. The fourth-order valence-electron chi connectivity index (χ4n) is 2.95. The molecule has 0 unspecified atom stereocenters. The van der Waals surface area contributed by atoms with Crippen LogP contribution in [0.4, 0.5) is 0 Å². The second-order valence-electron chi connectivity index (χ2n) is 6.30. The van der Waals surface area contributed by atoms with Gasteiger partial charge in [0.1, 0.15) is 0 Å². The minimum absolute atomic E-state index is 0.0175. The summed E-state index contributed by atoms with van der Waals surface area (Å²) in [5.74, 6) is 0.242. The normalized spacial score (nSPS) is 10.8. The van der Waals surface area contributed by atoms with E-state index in [-0.39, 0.29) is 17.2 Å². The molecule has 0 bridgehead atoms. The summed E-state index contributed by atoms with van der Waals surface area (Å²) in [4.78, 5) is 31.9. The molecule has 0 aliphatic heterocycles. The van der Waals surface area contributed by atoms with E-state index >= 15 is 0 Å². The number of nitrogens with zero attached hydrogens (tertiary/aromatic N) is 3. The number of carbonyl (C=O) groups excluding carboxylic acids is 1. The molecule has 0 aliphatic rings. The Kier molecular flexibility index (Phi) is 6.66. The number of benzene rings is 2. The Morgan fingerprint density at radius 3 is 2.61 bits per heavy atom. The monoisotopic (exact) mass is 393 g/mol. The molecule has 1 amide bonds. The van der Waals surface area contributed by atoms with E-state index < -0.39 is 0 Å². The van der Waals surface area contributed by atoms with Crippen LogP contribution in [0.2, 0.25) is 0 Å². The van der Waals surface area contributed by atoms with E-state index in [9.17, 15) is 9.59 Å². The molecule has 1 aromatic heterocycles. The Balaban J connectivity index is 1.80. The van der Waals surface area contributed by atoms with Crippen LogP contribution in [-0.2, 0) is 17.9 Å². The highest BCUT2D eigenvalue weighted by Gasteiger charge is 2.16. The van der Waals surface area contributed by atoms with Gasteiger partial charge in [0, 0.05) is 19.6 Å². The van der Waals surface area contributed by atoms with Crippen LogP contribution in [0.1, 0.15) is 12.5 Å². The summed E-state index contributed by atoms with van der Waals surface area (Å²) < 4.78 is 1.57. The van der Waals surface area contributed by atoms with Gasteiger partial charge in [-0.1, -0.05) is 60.3 Å². The van der Waals surface area contributed by atoms with Gasteiger partial charge >= 0.3 is 0 Å². The van der Waals surface area contributed by atoms with E-state index in [1.807, 2.05) is 55.5 Å². The maximum atomic E-state index is 12.8. The predicted molar refractivity (Wildman–Crippen MR) is 114 cm³/mol. The molecule has 0 saturated carbocycles. The van der Waals surface area contributed by atoms with Crippen molar-refractivity contribution < 1.29 is 4.79 Å². The van der Waals surface area contributed by atoms with Crippen molar-refractivity contribution >= 4 is 28.6 Å². The third kappa shape index (κ3) is 4.51. The van der Waals surface area contributed by atoms with E-state index in [0.717, 1.165) is 5.56 Å². The second-order valence-corrected chi connectivity index (χ2v) is 7.24. The van der Waals surface area contributed by atoms with Gasteiger partial charge in [-0.15, -0.1) is 6.58 Å². The van der Waals surface area contributed by atoms with E-state index in [0.29, 0.717) is 35.7 Å². The Morgan fingerprint density at radius 2 is 1.89 bits per heavy atom. The molecule has 1 heterocycles. The van der Waals surface area contributed by atoms with Crippen molar-refractivity contribution in [3.63, 3.8) is 0 Å². The minimum atomic E-state index is -0.114. The lowest BCUT2D eigenvalue weighted by Crippen LogP contribution is -2.32. The highest BCUT2D eigenvalue weighted by molar-refractivity contribution is 7.99. The first-order valence-corrected chi connectivity index (χ1v) is 10.2. The molecule has 28 heavy (non-hydrogen) atoms. The number of rotatable bonds is 8. The van der Waals surface area contributed by atoms with Crippen molar-refractivity contribution in [2.75, 3.05) is 12.3 Å². The quantitative estimate of drug-likeness (QED) is 0.332. The number of aromatic nitrogens is 2. The van der Waals surface area contributed by atoms with Crippen LogP contribution in [-0.4, -0.2) is 32.7 Å². The molecule has 0 fully saturated rings. The maximum Gasteiger partial charge on any atom is 0.262 e. The molecular formula is C22H23N3O2S. The van der Waals surface area contributed by atoms with Gasteiger partial charge in [0.15, 0.2) is 5.16 Å². The van der Waals surface area contributed by atoms with Crippen LogP contribution in [0.3, 0.4) is 0 Å². The first-order chi connectivity index (χ1) is 13.6. The highest BCUT2D eigenvalue weighted by atomic mass is 32.2. The second kappa shape index (κ2) is 9.37. The molecule has 0 aliphatic carbocycles. The summed E-state index contributed by atoms with van der Waals surface area (Å²) in [7, 11) is 0. The third-order valence-corrected chi connectivity index (χ3v) is 5.37. The molecule has 0 radical (unpaired) electrons. The van der Waals surface area contributed by atoms with Gasteiger partial charge < -0.3 is 4.90 Å². The van der Waals surface area contributed by atoms with Gasteiger partial charge in [0.05, 0.1) is 16.7 Å². The van der Waals surface area contributed by atoms with E-state index in [2.05, 4.69) is 11.6 Å². The van der Waals surface area contributed by atoms with Crippen LogP contribution in [0.15, 0.2) is 77.2 Å². The standard InChI is InChI=1S/C22H23N3O2S/c1-3-14-25-21(27)18-12-8-9-13-19(18)23-22(25)28-16-20(26)24(4-2)15-17-10-6-5-7-11-17/h3,5-13H,1,4,14-16H2,2H3. The molecule has 2 aromatic carbocycles. The van der Waals surface area contributed by atoms with Gasteiger partial charge in [-0.3, -0.25) is 14.2 Å². The summed E-state index contributed by atoms with van der Waals surface area (Å²) in [5.41, 5.74) is 1.62. The number of thioether (sulfide) groups is 1. The predicted octanol–water partition coefficient (Wildman–Crippen LogP) is 3.72. The lowest BCUT2D eigenvalue weighted by molar-refractivity contribution is -0.128. The smallest absolute Gasteiger partial charge is 0.262 e. The summed E-state index contributed by atoms with van der Waals surface area (Å²) >= 11 is 1.29. The molecule has 0 saturated heterocycles. The number of amides is 1. The molecular weight excluding hydrogens is 370 g/mol. The summed E-state index contributed by atoms with van der Waals surface area (Å²) in [6, 6.07) is 17.2. The number of hydrogen-bond acceptors (Lipinski definition) is 4. The van der Waals surface area contributed by atoms with Crippen LogP contribution in [0, 0.1) is 0 Å². The Hall–Kier alpha value is -2.86.